The molecule has 0 fully saturated rings. The SMILES string of the molecule is CC1=C(C(=O)Nc2ccc(Br)c[nH+]2)C(c2cnn(C)c2C)C2C(=O)CCC=C2N1. The van der Waals surface area contributed by atoms with E-state index in [0.29, 0.717) is 17.8 Å². The quantitative estimate of drug-likeness (QED) is 0.742. The summed E-state index contributed by atoms with van der Waals surface area (Å²) in [5.74, 6) is -0.281. The molecule has 0 bridgehead atoms. The van der Waals surface area contributed by atoms with Gasteiger partial charge in [0.05, 0.1) is 22.2 Å². The molecular formula is C21H23BrN5O2+. The Balaban J connectivity index is 1.80. The molecule has 0 radical (unpaired) electrons. The fourth-order valence-corrected chi connectivity index (χ4v) is 4.39. The first-order valence-electron chi connectivity index (χ1n) is 9.54. The van der Waals surface area contributed by atoms with Gasteiger partial charge in [-0.1, -0.05) is 6.08 Å². The number of amides is 1. The second kappa shape index (κ2) is 7.59. The molecule has 3 N–H and O–H groups in total. The van der Waals surface area contributed by atoms with Crippen molar-refractivity contribution in [1.82, 2.24) is 15.1 Å². The van der Waals surface area contributed by atoms with E-state index in [1.807, 2.05) is 27.0 Å². The highest BCUT2D eigenvalue weighted by molar-refractivity contribution is 9.10. The van der Waals surface area contributed by atoms with Gasteiger partial charge < -0.3 is 5.32 Å². The van der Waals surface area contributed by atoms with E-state index in [4.69, 9.17) is 0 Å². The summed E-state index contributed by atoms with van der Waals surface area (Å²) >= 11 is 3.38. The number of anilines is 1. The van der Waals surface area contributed by atoms with Crippen molar-refractivity contribution >= 4 is 33.4 Å². The van der Waals surface area contributed by atoms with Crippen molar-refractivity contribution < 1.29 is 14.6 Å². The van der Waals surface area contributed by atoms with Crippen LogP contribution in [0, 0.1) is 12.8 Å². The van der Waals surface area contributed by atoms with Crippen LogP contribution in [0.4, 0.5) is 5.82 Å². The van der Waals surface area contributed by atoms with Gasteiger partial charge >= 0.3 is 5.91 Å². The molecule has 4 rings (SSSR count). The Morgan fingerprint density at radius 2 is 2.14 bits per heavy atom. The number of halogens is 1. The van der Waals surface area contributed by atoms with Crippen molar-refractivity contribution in [3.8, 4) is 0 Å². The topological polar surface area (TPSA) is 90.2 Å². The number of hydrogen-bond donors (Lipinski definition) is 2. The van der Waals surface area contributed by atoms with Crippen molar-refractivity contribution in [2.24, 2.45) is 13.0 Å². The van der Waals surface area contributed by atoms with Crippen LogP contribution in [0.2, 0.25) is 0 Å². The number of fused-ring (bicyclic) bond motifs is 1. The largest absolute Gasteiger partial charge is 0.362 e. The number of aromatic nitrogens is 3. The molecule has 2 aromatic heterocycles. The molecular weight excluding hydrogens is 434 g/mol. The van der Waals surface area contributed by atoms with Gasteiger partial charge in [0.1, 0.15) is 12.0 Å². The third kappa shape index (κ3) is 3.53. The summed E-state index contributed by atoms with van der Waals surface area (Å²) in [6.07, 6.45) is 6.81. The average molecular weight is 457 g/mol. The first kappa shape index (κ1) is 19.6. The minimum Gasteiger partial charge on any atom is -0.362 e. The summed E-state index contributed by atoms with van der Waals surface area (Å²) in [4.78, 5) is 29.3. The molecule has 2 aromatic rings. The Hall–Kier alpha value is -2.74. The lowest BCUT2D eigenvalue weighted by Gasteiger charge is -2.37. The Bertz CT molecular complexity index is 1050. The fourth-order valence-electron chi connectivity index (χ4n) is 4.14. The number of allylic oxidation sites excluding steroid dienone is 3. The highest BCUT2D eigenvalue weighted by Gasteiger charge is 2.45. The molecule has 8 heteroatoms. The van der Waals surface area contributed by atoms with E-state index in [-0.39, 0.29) is 17.6 Å². The number of H-pyrrole nitrogens is 1. The molecule has 2 atom stereocenters. The Morgan fingerprint density at radius 3 is 2.79 bits per heavy atom. The van der Waals surface area contributed by atoms with E-state index in [1.165, 1.54) is 0 Å². The lowest BCUT2D eigenvalue weighted by atomic mass is 9.71. The van der Waals surface area contributed by atoms with Crippen LogP contribution in [0.15, 0.2) is 52.0 Å². The van der Waals surface area contributed by atoms with Crippen LogP contribution >= 0.6 is 15.9 Å². The molecule has 0 spiro atoms. The van der Waals surface area contributed by atoms with Crippen LogP contribution in [-0.2, 0) is 16.6 Å². The van der Waals surface area contributed by atoms with Crippen molar-refractivity contribution in [3.05, 3.63) is 63.3 Å². The number of rotatable bonds is 3. The van der Waals surface area contributed by atoms with E-state index in [1.54, 1.807) is 23.1 Å². The van der Waals surface area contributed by atoms with Crippen molar-refractivity contribution in [1.29, 1.82) is 0 Å². The Kier molecular flexibility index (Phi) is 5.12. The number of hydrogen-bond acceptors (Lipinski definition) is 4. The molecule has 2 aliphatic rings. The standard InChI is InChI=1S/C21H22BrN5O2/c1-11-18(21(29)26-17-8-7-13(22)9-23-17)19(14-10-24-27(3)12(14)2)20-15(25-11)5-4-6-16(20)28/h5,7-10,19-20,25H,4,6H2,1-3H3,(H,23,26,29)/p+1. The third-order valence-electron chi connectivity index (χ3n) is 5.69. The van der Waals surface area contributed by atoms with E-state index >= 15 is 0 Å². The van der Waals surface area contributed by atoms with Crippen LogP contribution in [0.5, 0.6) is 0 Å². The van der Waals surface area contributed by atoms with E-state index in [2.05, 4.69) is 42.7 Å². The van der Waals surface area contributed by atoms with Gasteiger partial charge in [-0.2, -0.15) is 5.10 Å². The van der Waals surface area contributed by atoms with Gasteiger partial charge in [-0.3, -0.25) is 9.48 Å². The first-order valence-corrected chi connectivity index (χ1v) is 10.3. The van der Waals surface area contributed by atoms with E-state index in [0.717, 1.165) is 33.5 Å². The number of carbonyl (C=O) groups excluding carboxylic acids is 2. The Labute approximate surface area is 177 Å². The predicted molar refractivity (Wildman–Crippen MR) is 112 cm³/mol. The average Bonchev–Trinajstić information content (AvgIpc) is 3.01. The van der Waals surface area contributed by atoms with Gasteiger partial charge in [-0.15, -0.1) is 0 Å². The number of nitrogens with zero attached hydrogens (tertiary/aromatic N) is 2. The monoisotopic (exact) mass is 456 g/mol. The van der Waals surface area contributed by atoms with E-state index < -0.39 is 5.92 Å². The number of carbonyl (C=O) groups is 2. The molecule has 3 heterocycles. The second-order valence-electron chi connectivity index (χ2n) is 7.47. The van der Waals surface area contributed by atoms with Crippen molar-refractivity contribution in [3.63, 3.8) is 0 Å². The summed E-state index contributed by atoms with van der Waals surface area (Å²) in [5.41, 5.74) is 4.06. The van der Waals surface area contributed by atoms with Crippen LogP contribution in [0.25, 0.3) is 0 Å². The number of nitrogens with one attached hydrogen (secondary N) is 3. The van der Waals surface area contributed by atoms with Crippen molar-refractivity contribution in [2.75, 3.05) is 5.32 Å². The fraction of sp³-hybridized carbons (Fsp3) is 0.333. The maximum atomic E-state index is 13.3. The highest BCUT2D eigenvalue weighted by Crippen LogP contribution is 2.44. The number of pyridine rings is 1. The van der Waals surface area contributed by atoms with Gasteiger partial charge in [0.2, 0.25) is 0 Å². The Morgan fingerprint density at radius 1 is 1.34 bits per heavy atom. The zero-order valence-electron chi connectivity index (χ0n) is 16.5. The van der Waals surface area contributed by atoms with Gasteiger partial charge in [0.15, 0.2) is 0 Å². The summed E-state index contributed by atoms with van der Waals surface area (Å²) in [5, 5.41) is 10.6. The van der Waals surface area contributed by atoms with Crippen LogP contribution in [-0.4, -0.2) is 21.5 Å². The number of ketones is 1. The third-order valence-corrected chi connectivity index (χ3v) is 6.19. The summed E-state index contributed by atoms with van der Waals surface area (Å²) < 4.78 is 2.66. The normalized spacial score (nSPS) is 21.4. The summed E-state index contributed by atoms with van der Waals surface area (Å²) in [7, 11) is 1.87. The minimum atomic E-state index is -0.398. The lowest BCUT2D eigenvalue weighted by molar-refractivity contribution is -0.361. The minimum absolute atomic E-state index is 0.149. The van der Waals surface area contributed by atoms with Crippen LogP contribution in [0.3, 0.4) is 0 Å². The molecule has 29 heavy (non-hydrogen) atoms. The summed E-state index contributed by atoms with van der Waals surface area (Å²) in [6, 6.07) is 3.64. The predicted octanol–water partition coefficient (Wildman–Crippen LogP) is 2.77. The van der Waals surface area contributed by atoms with Gasteiger partial charge in [0.25, 0.3) is 5.82 Å². The molecule has 1 aliphatic heterocycles. The number of aromatic amines is 1. The zero-order valence-corrected chi connectivity index (χ0v) is 18.1. The maximum absolute atomic E-state index is 13.3. The van der Waals surface area contributed by atoms with Gasteiger partial charge in [-0.25, -0.2) is 15.1 Å². The number of Topliss-reactive ketones (excluding diaryl/α,β-unsaturated/α-hetero) is 1. The lowest BCUT2D eigenvalue weighted by Crippen LogP contribution is -2.42. The molecule has 1 amide bonds. The molecule has 0 saturated heterocycles. The summed E-state index contributed by atoms with van der Waals surface area (Å²) in [6.45, 7) is 3.85. The molecule has 0 aromatic carbocycles. The van der Waals surface area contributed by atoms with Gasteiger partial charge in [0, 0.05) is 48.1 Å². The van der Waals surface area contributed by atoms with Crippen molar-refractivity contribution in [2.45, 2.75) is 32.6 Å². The maximum Gasteiger partial charge on any atom is 0.337 e. The van der Waals surface area contributed by atoms with E-state index in [9.17, 15) is 9.59 Å². The van der Waals surface area contributed by atoms with Crippen LogP contribution in [0.1, 0.15) is 36.9 Å². The van der Waals surface area contributed by atoms with Gasteiger partial charge in [-0.05, 0) is 42.3 Å². The molecule has 7 nitrogen and oxygen atoms in total. The first-order chi connectivity index (χ1) is 13.9. The highest BCUT2D eigenvalue weighted by atomic mass is 79.9. The molecule has 2 unspecified atom stereocenters. The molecule has 150 valence electrons. The zero-order chi connectivity index (χ0) is 20.7. The molecule has 1 aliphatic carbocycles. The molecule has 0 saturated carbocycles. The number of aryl methyl sites for hydroxylation is 1. The smallest absolute Gasteiger partial charge is 0.337 e. The van der Waals surface area contributed by atoms with Crippen LogP contribution < -0.4 is 15.6 Å². The second-order valence-corrected chi connectivity index (χ2v) is 8.38.